The van der Waals surface area contributed by atoms with Crippen molar-refractivity contribution in [1.82, 2.24) is 0 Å². The van der Waals surface area contributed by atoms with Crippen LogP contribution in [0.5, 0.6) is 0 Å². The van der Waals surface area contributed by atoms with Crippen LogP contribution in [-0.2, 0) is 4.79 Å². The summed E-state index contributed by atoms with van der Waals surface area (Å²) in [7, 11) is 0. The third-order valence-corrected chi connectivity index (χ3v) is 4.21. The van der Waals surface area contributed by atoms with Crippen molar-refractivity contribution < 1.29 is 18.5 Å². The Balaban J connectivity index is 2.01. The Labute approximate surface area is 124 Å². The van der Waals surface area contributed by atoms with Crippen LogP contribution in [-0.4, -0.2) is 25.0 Å². The van der Waals surface area contributed by atoms with Gasteiger partial charge in [-0.1, -0.05) is 12.5 Å². The summed E-state index contributed by atoms with van der Waals surface area (Å²) in [4.78, 5) is 13.4. The molecule has 0 radical (unpaired) electrons. The smallest absolute Gasteiger partial charge is 0.282 e. The Morgan fingerprint density at radius 1 is 1.10 bits per heavy atom. The standard InChI is InChI=1S/C16H22F2N2O/c1-12(20-10-5-3-2-4-6-11-20)16(21)19-15-13(17)8-7-9-14(15)18/h7-9,12H,2-6,10-11H2,1H3,(H,19,21)/p+1/t12-/m0/s1. The molecule has 0 aromatic heterocycles. The minimum absolute atomic E-state index is 0.304. The van der Waals surface area contributed by atoms with Crippen LogP contribution in [0, 0.1) is 11.6 Å². The van der Waals surface area contributed by atoms with Gasteiger partial charge in [0.1, 0.15) is 17.3 Å². The van der Waals surface area contributed by atoms with Crippen molar-refractivity contribution in [3.63, 3.8) is 0 Å². The van der Waals surface area contributed by atoms with Gasteiger partial charge in [-0.25, -0.2) is 8.78 Å². The normalized spacial score (nSPS) is 18.6. The van der Waals surface area contributed by atoms with Crippen molar-refractivity contribution in [3.8, 4) is 0 Å². The second-order valence-corrected chi connectivity index (χ2v) is 5.73. The number of quaternary nitrogens is 1. The molecule has 3 nitrogen and oxygen atoms in total. The largest absolute Gasteiger partial charge is 0.325 e. The maximum absolute atomic E-state index is 13.6. The number of carbonyl (C=O) groups excluding carboxylic acids is 1. The molecule has 0 aliphatic carbocycles. The number of anilines is 1. The van der Waals surface area contributed by atoms with Crippen molar-refractivity contribution >= 4 is 11.6 Å². The number of benzene rings is 1. The number of halogens is 2. The highest BCUT2D eigenvalue weighted by atomic mass is 19.1. The number of hydrogen-bond acceptors (Lipinski definition) is 1. The van der Waals surface area contributed by atoms with Crippen LogP contribution in [0.4, 0.5) is 14.5 Å². The molecule has 2 rings (SSSR count). The molecule has 1 saturated heterocycles. The summed E-state index contributed by atoms with van der Waals surface area (Å²) in [6, 6.07) is 3.27. The zero-order chi connectivity index (χ0) is 15.2. The molecule has 0 spiro atoms. The molecule has 1 aromatic carbocycles. The van der Waals surface area contributed by atoms with Crippen LogP contribution in [0.3, 0.4) is 0 Å². The molecule has 21 heavy (non-hydrogen) atoms. The zero-order valence-electron chi connectivity index (χ0n) is 12.4. The molecule has 5 heteroatoms. The second-order valence-electron chi connectivity index (χ2n) is 5.73. The predicted octanol–water partition coefficient (Wildman–Crippen LogP) is 2.14. The van der Waals surface area contributed by atoms with E-state index in [9.17, 15) is 13.6 Å². The zero-order valence-corrected chi connectivity index (χ0v) is 12.4. The van der Waals surface area contributed by atoms with Crippen molar-refractivity contribution in [2.75, 3.05) is 18.4 Å². The minimum atomic E-state index is -0.738. The number of nitrogens with one attached hydrogen (secondary N) is 2. The van der Waals surface area contributed by atoms with Crippen LogP contribution >= 0.6 is 0 Å². The summed E-state index contributed by atoms with van der Waals surface area (Å²) in [6.45, 7) is 3.70. The maximum Gasteiger partial charge on any atom is 0.282 e. The van der Waals surface area contributed by atoms with Crippen LogP contribution < -0.4 is 10.2 Å². The molecule has 116 valence electrons. The average molecular weight is 297 g/mol. The van der Waals surface area contributed by atoms with Crippen LogP contribution in [0.25, 0.3) is 0 Å². The van der Waals surface area contributed by atoms with E-state index < -0.39 is 11.6 Å². The van der Waals surface area contributed by atoms with Gasteiger partial charge in [-0.05, 0) is 44.7 Å². The molecular formula is C16H23F2N2O+. The van der Waals surface area contributed by atoms with Gasteiger partial charge in [0.2, 0.25) is 0 Å². The van der Waals surface area contributed by atoms with E-state index in [0.29, 0.717) is 0 Å². The monoisotopic (exact) mass is 297 g/mol. The first-order valence-corrected chi connectivity index (χ1v) is 7.69. The Hall–Kier alpha value is -1.49. The number of carbonyl (C=O) groups is 1. The molecule has 1 atom stereocenters. The van der Waals surface area contributed by atoms with E-state index in [1.807, 2.05) is 6.92 Å². The summed E-state index contributed by atoms with van der Waals surface area (Å²) in [5.41, 5.74) is -0.346. The van der Waals surface area contributed by atoms with Crippen LogP contribution in [0.15, 0.2) is 18.2 Å². The van der Waals surface area contributed by atoms with Crippen molar-refractivity contribution in [1.29, 1.82) is 0 Å². The van der Waals surface area contributed by atoms with Gasteiger partial charge in [0.05, 0.1) is 13.1 Å². The summed E-state index contributed by atoms with van der Waals surface area (Å²) in [6.07, 6.45) is 5.84. The van der Waals surface area contributed by atoms with Gasteiger partial charge in [0, 0.05) is 0 Å². The SMILES string of the molecule is C[C@@H](C(=O)Nc1c(F)cccc1F)[NH+]1CCCCCCC1. The lowest BCUT2D eigenvalue weighted by atomic mass is 10.1. The lowest BCUT2D eigenvalue weighted by molar-refractivity contribution is -0.914. The number of rotatable bonds is 3. The summed E-state index contributed by atoms with van der Waals surface area (Å²) in [5.74, 6) is -1.80. The minimum Gasteiger partial charge on any atom is -0.325 e. The van der Waals surface area contributed by atoms with Gasteiger partial charge < -0.3 is 10.2 Å². The number of amides is 1. The molecular weight excluding hydrogens is 274 g/mol. The third kappa shape index (κ3) is 4.24. The molecule has 1 heterocycles. The molecule has 1 aromatic rings. The fourth-order valence-corrected chi connectivity index (χ4v) is 2.83. The fourth-order valence-electron chi connectivity index (χ4n) is 2.83. The van der Waals surface area contributed by atoms with E-state index in [1.54, 1.807) is 0 Å². The van der Waals surface area contributed by atoms with Crippen LogP contribution in [0.1, 0.15) is 39.0 Å². The molecule has 1 aliphatic rings. The Kier molecular flexibility index (Phi) is 5.67. The first-order valence-electron chi connectivity index (χ1n) is 7.69. The number of para-hydroxylation sites is 1. The first-order chi connectivity index (χ1) is 10.1. The molecule has 1 aliphatic heterocycles. The highest BCUT2D eigenvalue weighted by Gasteiger charge is 2.26. The lowest BCUT2D eigenvalue weighted by Crippen LogP contribution is -3.16. The molecule has 2 N–H and O–H groups in total. The van der Waals surface area contributed by atoms with Gasteiger partial charge in [-0.15, -0.1) is 0 Å². The van der Waals surface area contributed by atoms with E-state index in [4.69, 9.17) is 0 Å². The van der Waals surface area contributed by atoms with Gasteiger partial charge >= 0.3 is 0 Å². The highest BCUT2D eigenvalue weighted by Crippen LogP contribution is 2.17. The van der Waals surface area contributed by atoms with E-state index >= 15 is 0 Å². The molecule has 0 bridgehead atoms. The molecule has 0 unspecified atom stereocenters. The first kappa shape index (κ1) is 15.9. The lowest BCUT2D eigenvalue weighted by Gasteiger charge is -2.27. The van der Waals surface area contributed by atoms with Gasteiger partial charge in [-0.2, -0.15) is 0 Å². The Bertz CT molecular complexity index is 465. The van der Waals surface area contributed by atoms with E-state index in [0.717, 1.165) is 38.1 Å². The van der Waals surface area contributed by atoms with E-state index in [1.165, 1.54) is 30.2 Å². The van der Waals surface area contributed by atoms with Gasteiger partial charge in [-0.3, -0.25) is 4.79 Å². The average Bonchev–Trinajstić information content (AvgIpc) is 2.42. The topological polar surface area (TPSA) is 33.5 Å². The summed E-state index contributed by atoms with van der Waals surface area (Å²) < 4.78 is 27.1. The summed E-state index contributed by atoms with van der Waals surface area (Å²) in [5, 5.41) is 2.40. The van der Waals surface area contributed by atoms with Crippen LogP contribution in [0.2, 0.25) is 0 Å². The number of hydrogen-bond donors (Lipinski definition) is 2. The van der Waals surface area contributed by atoms with Crippen molar-refractivity contribution in [3.05, 3.63) is 29.8 Å². The Morgan fingerprint density at radius 2 is 1.62 bits per heavy atom. The van der Waals surface area contributed by atoms with Crippen molar-refractivity contribution in [2.24, 2.45) is 0 Å². The fraction of sp³-hybridized carbons (Fsp3) is 0.562. The number of likely N-dealkylation sites (tertiary alicyclic amines) is 1. The summed E-state index contributed by atoms with van der Waals surface area (Å²) >= 11 is 0. The quantitative estimate of drug-likeness (QED) is 0.880. The van der Waals surface area contributed by atoms with Crippen molar-refractivity contribution in [2.45, 2.75) is 45.1 Å². The third-order valence-electron chi connectivity index (χ3n) is 4.21. The molecule has 1 fully saturated rings. The second kappa shape index (κ2) is 7.50. The predicted molar refractivity (Wildman–Crippen MR) is 78.2 cm³/mol. The van der Waals surface area contributed by atoms with E-state index in [2.05, 4.69) is 5.32 Å². The highest BCUT2D eigenvalue weighted by molar-refractivity contribution is 5.93. The van der Waals surface area contributed by atoms with Gasteiger partial charge in [0.15, 0.2) is 6.04 Å². The van der Waals surface area contributed by atoms with Gasteiger partial charge in [0.25, 0.3) is 5.91 Å². The molecule has 1 amide bonds. The Morgan fingerprint density at radius 3 is 2.19 bits per heavy atom. The molecule has 0 saturated carbocycles. The maximum atomic E-state index is 13.6. The van der Waals surface area contributed by atoms with E-state index in [-0.39, 0.29) is 17.6 Å².